The van der Waals surface area contributed by atoms with E-state index in [4.69, 9.17) is 0 Å². The number of allylic oxidation sites excluding steroid dienone is 2. The quantitative estimate of drug-likeness (QED) is 0.324. The standard InChI is InChI=1S/C11H20O/c1-3-8-11(2)9-6-4-5-7-10-12/h5,7,10-11H,3-4,6,8-9H2,1-2H3. The number of hydrogen-bond donors (Lipinski definition) is 0. The average molecular weight is 168 g/mol. The van der Waals surface area contributed by atoms with Crippen LogP contribution in [0.3, 0.4) is 0 Å². The lowest BCUT2D eigenvalue weighted by Crippen LogP contribution is -1.92. The Bertz CT molecular complexity index is 127. The van der Waals surface area contributed by atoms with Gasteiger partial charge in [-0.25, -0.2) is 0 Å². The first-order valence-electron chi connectivity index (χ1n) is 4.91. The molecule has 0 spiro atoms. The summed E-state index contributed by atoms with van der Waals surface area (Å²) in [6, 6.07) is 0. The van der Waals surface area contributed by atoms with E-state index in [-0.39, 0.29) is 0 Å². The second-order valence-electron chi connectivity index (χ2n) is 3.39. The van der Waals surface area contributed by atoms with Gasteiger partial charge >= 0.3 is 0 Å². The Kier molecular flexibility index (Phi) is 8.09. The zero-order chi connectivity index (χ0) is 9.23. The Morgan fingerprint density at radius 3 is 2.67 bits per heavy atom. The minimum absolute atomic E-state index is 0.843. The van der Waals surface area contributed by atoms with Gasteiger partial charge in [-0.05, 0) is 24.8 Å². The lowest BCUT2D eigenvalue weighted by molar-refractivity contribution is -0.104. The van der Waals surface area contributed by atoms with Crippen molar-refractivity contribution < 1.29 is 4.79 Å². The number of carbonyl (C=O) groups is 1. The molecule has 0 saturated heterocycles. The van der Waals surface area contributed by atoms with Crippen LogP contribution in [0.25, 0.3) is 0 Å². The average Bonchev–Trinajstić information content (AvgIpc) is 2.05. The molecule has 0 aromatic rings. The maximum absolute atomic E-state index is 9.92. The van der Waals surface area contributed by atoms with Crippen LogP contribution in [0, 0.1) is 5.92 Å². The largest absolute Gasteiger partial charge is 0.299 e. The van der Waals surface area contributed by atoms with Crippen molar-refractivity contribution in [1.29, 1.82) is 0 Å². The highest BCUT2D eigenvalue weighted by Gasteiger charge is 1.98. The number of rotatable bonds is 7. The molecule has 0 bridgehead atoms. The molecule has 0 radical (unpaired) electrons. The summed E-state index contributed by atoms with van der Waals surface area (Å²) in [6.45, 7) is 4.52. The first kappa shape index (κ1) is 11.4. The van der Waals surface area contributed by atoms with Gasteiger partial charge in [0.2, 0.25) is 0 Å². The second-order valence-corrected chi connectivity index (χ2v) is 3.39. The van der Waals surface area contributed by atoms with E-state index in [9.17, 15) is 4.79 Å². The van der Waals surface area contributed by atoms with Gasteiger partial charge in [0, 0.05) is 0 Å². The molecule has 70 valence electrons. The Labute approximate surface area is 75.9 Å². The maximum Gasteiger partial charge on any atom is 0.142 e. The third-order valence-corrected chi connectivity index (χ3v) is 2.06. The fourth-order valence-corrected chi connectivity index (χ4v) is 1.37. The smallest absolute Gasteiger partial charge is 0.142 e. The van der Waals surface area contributed by atoms with Gasteiger partial charge in [-0.3, -0.25) is 4.79 Å². The van der Waals surface area contributed by atoms with E-state index in [2.05, 4.69) is 13.8 Å². The SMILES string of the molecule is CCCC(C)CCCC=CC=O. The first-order valence-corrected chi connectivity index (χ1v) is 4.91. The topological polar surface area (TPSA) is 17.1 Å². The monoisotopic (exact) mass is 168 g/mol. The predicted octanol–water partition coefficient (Wildman–Crippen LogP) is 3.35. The van der Waals surface area contributed by atoms with Gasteiger partial charge in [-0.1, -0.05) is 39.2 Å². The van der Waals surface area contributed by atoms with Crippen LogP contribution in [0.1, 0.15) is 46.0 Å². The molecule has 1 nitrogen and oxygen atoms in total. The fraction of sp³-hybridized carbons (Fsp3) is 0.727. The van der Waals surface area contributed by atoms with Crippen molar-refractivity contribution in [2.24, 2.45) is 5.92 Å². The molecule has 1 unspecified atom stereocenters. The predicted molar refractivity (Wildman–Crippen MR) is 53.1 cm³/mol. The molecule has 1 heteroatoms. The third kappa shape index (κ3) is 7.52. The van der Waals surface area contributed by atoms with Crippen LogP contribution in [0.5, 0.6) is 0 Å². The van der Waals surface area contributed by atoms with E-state index in [0.717, 1.165) is 18.6 Å². The summed E-state index contributed by atoms with van der Waals surface area (Å²) in [5, 5.41) is 0. The molecule has 0 amide bonds. The van der Waals surface area contributed by atoms with E-state index in [1.165, 1.54) is 25.7 Å². The molecule has 0 heterocycles. The van der Waals surface area contributed by atoms with E-state index in [1.807, 2.05) is 6.08 Å². The first-order chi connectivity index (χ1) is 5.81. The van der Waals surface area contributed by atoms with E-state index in [0.29, 0.717) is 0 Å². The van der Waals surface area contributed by atoms with Gasteiger partial charge < -0.3 is 0 Å². The third-order valence-electron chi connectivity index (χ3n) is 2.06. The van der Waals surface area contributed by atoms with Crippen LogP contribution in [0.2, 0.25) is 0 Å². The van der Waals surface area contributed by atoms with Gasteiger partial charge in [0.1, 0.15) is 6.29 Å². The summed E-state index contributed by atoms with van der Waals surface area (Å²) >= 11 is 0. The van der Waals surface area contributed by atoms with Crippen LogP contribution >= 0.6 is 0 Å². The summed E-state index contributed by atoms with van der Waals surface area (Å²) in [5.41, 5.74) is 0. The molecule has 0 saturated carbocycles. The van der Waals surface area contributed by atoms with Gasteiger partial charge in [-0.2, -0.15) is 0 Å². The van der Waals surface area contributed by atoms with Crippen LogP contribution in [-0.4, -0.2) is 6.29 Å². The fourth-order valence-electron chi connectivity index (χ4n) is 1.37. The van der Waals surface area contributed by atoms with Crippen molar-refractivity contribution in [1.82, 2.24) is 0 Å². The van der Waals surface area contributed by atoms with Gasteiger partial charge in [0.25, 0.3) is 0 Å². The second kappa shape index (κ2) is 8.51. The minimum Gasteiger partial charge on any atom is -0.299 e. The van der Waals surface area contributed by atoms with Crippen molar-refractivity contribution >= 4 is 6.29 Å². The summed E-state index contributed by atoms with van der Waals surface area (Å²) in [4.78, 5) is 9.92. The molecular weight excluding hydrogens is 148 g/mol. The molecule has 0 fully saturated rings. The summed E-state index contributed by atoms with van der Waals surface area (Å²) < 4.78 is 0. The molecular formula is C11H20O. The zero-order valence-corrected chi connectivity index (χ0v) is 8.25. The van der Waals surface area contributed by atoms with Crippen molar-refractivity contribution in [2.45, 2.75) is 46.0 Å². The van der Waals surface area contributed by atoms with Crippen LogP contribution in [0.4, 0.5) is 0 Å². The van der Waals surface area contributed by atoms with Crippen molar-refractivity contribution in [2.75, 3.05) is 0 Å². The highest BCUT2D eigenvalue weighted by atomic mass is 16.1. The Hall–Kier alpha value is -0.590. The number of aldehydes is 1. The summed E-state index contributed by atoms with van der Waals surface area (Å²) in [6.07, 6.45) is 10.5. The molecule has 12 heavy (non-hydrogen) atoms. The van der Waals surface area contributed by atoms with Gasteiger partial charge in [0.05, 0.1) is 0 Å². The van der Waals surface area contributed by atoms with E-state index >= 15 is 0 Å². The Morgan fingerprint density at radius 2 is 2.08 bits per heavy atom. The number of hydrogen-bond acceptors (Lipinski definition) is 1. The normalized spacial score (nSPS) is 13.5. The Morgan fingerprint density at radius 1 is 1.33 bits per heavy atom. The molecule has 0 rings (SSSR count). The van der Waals surface area contributed by atoms with E-state index in [1.54, 1.807) is 6.08 Å². The lowest BCUT2D eigenvalue weighted by Gasteiger charge is -2.07. The van der Waals surface area contributed by atoms with Crippen LogP contribution < -0.4 is 0 Å². The summed E-state index contributed by atoms with van der Waals surface area (Å²) in [7, 11) is 0. The zero-order valence-electron chi connectivity index (χ0n) is 8.25. The molecule has 0 aliphatic rings. The van der Waals surface area contributed by atoms with Crippen molar-refractivity contribution in [3.63, 3.8) is 0 Å². The van der Waals surface area contributed by atoms with Crippen molar-refractivity contribution in [3.05, 3.63) is 12.2 Å². The summed E-state index contributed by atoms with van der Waals surface area (Å²) in [5.74, 6) is 0.847. The maximum atomic E-state index is 9.92. The highest BCUT2D eigenvalue weighted by Crippen LogP contribution is 2.13. The molecule has 0 aromatic carbocycles. The number of carbonyl (C=O) groups excluding carboxylic acids is 1. The molecule has 0 aliphatic carbocycles. The molecule has 0 aromatic heterocycles. The van der Waals surface area contributed by atoms with Gasteiger partial charge in [-0.15, -0.1) is 0 Å². The lowest BCUT2D eigenvalue weighted by atomic mass is 9.99. The Balaban J connectivity index is 3.18. The number of unbranched alkanes of at least 4 members (excludes halogenated alkanes) is 1. The molecule has 0 N–H and O–H groups in total. The van der Waals surface area contributed by atoms with Crippen LogP contribution in [0.15, 0.2) is 12.2 Å². The van der Waals surface area contributed by atoms with E-state index < -0.39 is 0 Å². The molecule has 1 atom stereocenters. The van der Waals surface area contributed by atoms with Gasteiger partial charge in [0.15, 0.2) is 0 Å². The highest BCUT2D eigenvalue weighted by molar-refractivity contribution is 5.64. The minimum atomic E-state index is 0.843. The molecule has 0 aliphatic heterocycles. The van der Waals surface area contributed by atoms with Crippen LogP contribution in [-0.2, 0) is 4.79 Å². The van der Waals surface area contributed by atoms with Crippen molar-refractivity contribution in [3.8, 4) is 0 Å².